The van der Waals surface area contributed by atoms with Gasteiger partial charge in [0.05, 0.1) is 0 Å². The van der Waals surface area contributed by atoms with Crippen molar-refractivity contribution in [3.63, 3.8) is 0 Å². The van der Waals surface area contributed by atoms with Crippen LogP contribution in [0.2, 0.25) is 0 Å². The zero-order valence-corrected chi connectivity index (χ0v) is 11.1. The topological polar surface area (TPSA) is 32.3 Å². The third-order valence-electron chi connectivity index (χ3n) is 4.18. The highest BCUT2D eigenvalue weighted by Crippen LogP contribution is 2.26. The van der Waals surface area contributed by atoms with Gasteiger partial charge in [-0.25, -0.2) is 0 Å². The molecule has 3 heteroatoms. The minimum Gasteiger partial charge on any atom is -0.338 e. The van der Waals surface area contributed by atoms with Crippen molar-refractivity contribution in [3.8, 4) is 0 Å². The van der Waals surface area contributed by atoms with Crippen molar-refractivity contribution >= 4 is 5.91 Å². The van der Waals surface area contributed by atoms with Gasteiger partial charge in [0.15, 0.2) is 0 Å². The highest BCUT2D eigenvalue weighted by molar-refractivity contribution is 5.79. The second kappa shape index (κ2) is 6.39. The molecule has 98 valence electrons. The largest absolute Gasteiger partial charge is 0.338 e. The summed E-state index contributed by atoms with van der Waals surface area (Å²) in [7, 11) is 0. The van der Waals surface area contributed by atoms with Gasteiger partial charge in [0.25, 0.3) is 0 Å². The summed E-state index contributed by atoms with van der Waals surface area (Å²) in [6.07, 6.45) is 8.28. The van der Waals surface area contributed by atoms with Crippen LogP contribution in [0.25, 0.3) is 0 Å². The molecule has 1 atom stereocenters. The minimum absolute atomic E-state index is 0.330. The van der Waals surface area contributed by atoms with Crippen molar-refractivity contribution in [3.05, 3.63) is 0 Å². The fourth-order valence-corrected chi connectivity index (χ4v) is 3.20. The molecule has 0 bridgehead atoms. The Kier molecular flexibility index (Phi) is 4.84. The number of carbonyl (C=O) groups is 1. The third kappa shape index (κ3) is 3.21. The second-order valence-electron chi connectivity index (χ2n) is 5.51. The fourth-order valence-electron chi connectivity index (χ4n) is 3.20. The molecule has 1 N–H and O–H groups in total. The lowest BCUT2D eigenvalue weighted by molar-refractivity contribution is -0.138. The summed E-state index contributed by atoms with van der Waals surface area (Å²) in [5.41, 5.74) is 0. The van der Waals surface area contributed by atoms with Gasteiger partial charge in [0.1, 0.15) is 0 Å². The summed E-state index contributed by atoms with van der Waals surface area (Å²) in [6.45, 7) is 5.19. The van der Waals surface area contributed by atoms with Crippen LogP contribution in [0.5, 0.6) is 0 Å². The number of carbonyl (C=O) groups excluding carboxylic acids is 1. The van der Waals surface area contributed by atoms with Gasteiger partial charge in [-0.15, -0.1) is 0 Å². The first kappa shape index (κ1) is 12.9. The van der Waals surface area contributed by atoms with E-state index in [1.54, 1.807) is 0 Å². The van der Waals surface area contributed by atoms with E-state index < -0.39 is 0 Å². The minimum atomic E-state index is 0.330. The quantitative estimate of drug-likeness (QED) is 0.814. The number of amides is 1. The lowest BCUT2D eigenvalue weighted by Gasteiger charge is -2.33. The Hall–Kier alpha value is -0.570. The van der Waals surface area contributed by atoms with Gasteiger partial charge in [-0.2, -0.15) is 0 Å². The average Bonchev–Trinajstić information content (AvgIpc) is 2.90. The summed E-state index contributed by atoms with van der Waals surface area (Å²) in [6, 6.07) is 0.462. The summed E-state index contributed by atoms with van der Waals surface area (Å²) in [5, 5.41) is 3.38. The summed E-state index contributed by atoms with van der Waals surface area (Å²) in [4.78, 5) is 14.7. The molecule has 1 unspecified atom stereocenters. The van der Waals surface area contributed by atoms with Crippen LogP contribution in [0.1, 0.15) is 51.9 Å². The van der Waals surface area contributed by atoms with Crippen molar-refractivity contribution in [2.75, 3.05) is 19.6 Å². The molecule has 1 saturated heterocycles. The molecule has 0 aromatic rings. The van der Waals surface area contributed by atoms with Gasteiger partial charge >= 0.3 is 0 Å². The molecule has 0 spiro atoms. The van der Waals surface area contributed by atoms with Crippen LogP contribution in [-0.4, -0.2) is 36.5 Å². The molecule has 1 saturated carbocycles. The predicted octanol–water partition coefficient (Wildman–Crippen LogP) is 2.17. The third-order valence-corrected chi connectivity index (χ3v) is 4.18. The molecule has 0 radical (unpaired) electrons. The first-order chi connectivity index (χ1) is 8.33. The van der Waals surface area contributed by atoms with Crippen molar-refractivity contribution in [2.45, 2.75) is 57.9 Å². The molecule has 2 aliphatic rings. The summed E-state index contributed by atoms with van der Waals surface area (Å²) < 4.78 is 0. The number of rotatable bonds is 4. The van der Waals surface area contributed by atoms with Gasteiger partial charge in [-0.3, -0.25) is 4.79 Å². The smallest absolute Gasteiger partial charge is 0.225 e. The maximum atomic E-state index is 12.6. The van der Waals surface area contributed by atoms with Gasteiger partial charge in [-0.05, 0) is 32.2 Å². The van der Waals surface area contributed by atoms with Crippen molar-refractivity contribution in [1.29, 1.82) is 0 Å². The van der Waals surface area contributed by atoms with Gasteiger partial charge in [0, 0.05) is 25.0 Å². The van der Waals surface area contributed by atoms with E-state index in [2.05, 4.69) is 17.1 Å². The van der Waals surface area contributed by atoms with E-state index in [1.165, 1.54) is 19.3 Å². The van der Waals surface area contributed by atoms with Crippen molar-refractivity contribution in [2.24, 2.45) is 5.92 Å². The standard InChI is InChI=1S/C14H26N2O/c1-2-10-16(13-8-9-15-11-13)14(17)12-6-4-3-5-7-12/h12-13,15H,2-11H2,1H3. The maximum Gasteiger partial charge on any atom is 0.225 e. The highest BCUT2D eigenvalue weighted by atomic mass is 16.2. The Morgan fingerprint density at radius 1 is 1.24 bits per heavy atom. The number of hydrogen-bond donors (Lipinski definition) is 1. The fraction of sp³-hybridized carbons (Fsp3) is 0.929. The maximum absolute atomic E-state index is 12.6. The van der Waals surface area contributed by atoms with Gasteiger partial charge in [-0.1, -0.05) is 26.2 Å². The van der Waals surface area contributed by atoms with Crippen LogP contribution in [0, 0.1) is 5.92 Å². The zero-order valence-electron chi connectivity index (χ0n) is 11.1. The first-order valence-corrected chi connectivity index (χ1v) is 7.34. The molecule has 1 amide bonds. The lowest BCUT2D eigenvalue weighted by atomic mass is 9.88. The van der Waals surface area contributed by atoms with Crippen LogP contribution in [0.4, 0.5) is 0 Å². The number of nitrogens with zero attached hydrogens (tertiary/aromatic N) is 1. The monoisotopic (exact) mass is 238 g/mol. The van der Waals surface area contributed by atoms with Crippen LogP contribution in [0.15, 0.2) is 0 Å². The molecule has 1 heterocycles. The molecule has 2 fully saturated rings. The van der Waals surface area contributed by atoms with E-state index in [0.717, 1.165) is 45.3 Å². The number of nitrogens with one attached hydrogen (secondary N) is 1. The molecule has 1 aliphatic carbocycles. The second-order valence-corrected chi connectivity index (χ2v) is 5.51. The van der Waals surface area contributed by atoms with E-state index in [4.69, 9.17) is 0 Å². The van der Waals surface area contributed by atoms with E-state index in [0.29, 0.717) is 17.9 Å². The summed E-state index contributed by atoms with van der Waals surface area (Å²) >= 11 is 0. The van der Waals surface area contributed by atoms with Crippen molar-refractivity contribution < 1.29 is 4.79 Å². The van der Waals surface area contributed by atoms with E-state index in [9.17, 15) is 4.79 Å². The SMILES string of the molecule is CCCN(C(=O)C1CCCCC1)C1CCNC1. The van der Waals surface area contributed by atoms with Crippen LogP contribution in [-0.2, 0) is 4.79 Å². The molecule has 17 heavy (non-hydrogen) atoms. The normalized spacial score (nSPS) is 26.1. The Labute approximate surface area is 105 Å². The van der Waals surface area contributed by atoms with E-state index in [-0.39, 0.29) is 0 Å². The summed E-state index contributed by atoms with van der Waals surface area (Å²) in [5.74, 6) is 0.774. The van der Waals surface area contributed by atoms with Crippen LogP contribution in [0.3, 0.4) is 0 Å². The highest BCUT2D eigenvalue weighted by Gasteiger charge is 2.31. The van der Waals surface area contributed by atoms with Gasteiger partial charge in [0.2, 0.25) is 5.91 Å². The number of hydrogen-bond acceptors (Lipinski definition) is 2. The molecule has 0 aromatic heterocycles. The molecular weight excluding hydrogens is 212 g/mol. The average molecular weight is 238 g/mol. The van der Waals surface area contributed by atoms with Gasteiger partial charge < -0.3 is 10.2 Å². The molecular formula is C14H26N2O. The Bertz CT molecular complexity index is 243. The Balaban J connectivity index is 1.95. The predicted molar refractivity (Wildman–Crippen MR) is 69.9 cm³/mol. The molecule has 1 aliphatic heterocycles. The van der Waals surface area contributed by atoms with E-state index in [1.807, 2.05) is 0 Å². The Morgan fingerprint density at radius 3 is 2.59 bits per heavy atom. The van der Waals surface area contributed by atoms with Crippen LogP contribution < -0.4 is 5.32 Å². The first-order valence-electron chi connectivity index (χ1n) is 7.34. The van der Waals surface area contributed by atoms with E-state index >= 15 is 0 Å². The molecule has 2 rings (SSSR count). The Morgan fingerprint density at radius 2 is 2.00 bits per heavy atom. The van der Waals surface area contributed by atoms with Crippen LogP contribution >= 0.6 is 0 Å². The zero-order chi connectivity index (χ0) is 12.1. The lowest BCUT2D eigenvalue weighted by Crippen LogP contribution is -2.45. The van der Waals surface area contributed by atoms with Crippen molar-refractivity contribution in [1.82, 2.24) is 10.2 Å². The molecule has 0 aromatic carbocycles. The molecule has 3 nitrogen and oxygen atoms in total.